The van der Waals surface area contributed by atoms with E-state index in [0.29, 0.717) is 0 Å². The Balaban J connectivity index is 0. The molecule has 20 valence electrons. The van der Waals surface area contributed by atoms with Crippen LogP contribution in [0.15, 0.2) is 0 Å². The first-order valence-corrected chi connectivity index (χ1v) is 0.512. The van der Waals surface area contributed by atoms with Crippen LogP contribution in [0.25, 0.3) is 0 Å². The highest BCUT2D eigenvalue weighted by Gasteiger charge is 1.12. The Bertz CT molecular complexity index is 27.5. The van der Waals surface area contributed by atoms with Gasteiger partial charge in [-0.15, -0.1) is 0 Å². The van der Waals surface area contributed by atoms with Crippen molar-refractivity contribution in [1.29, 1.82) is 5.26 Å². The molecule has 4 heavy (non-hydrogen) atoms. The van der Waals surface area contributed by atoms with Gasteiger partial charge in [0.2, 0.25) is 0 Å². The maximum Gasteiger partial charge on any atom is 0.173 e. The van der Waals surface area contributed by atoms with E-state index in [-0.39, 0.29) is 11.0 Å². The van der Waals surface area contributed by atoms with Crippen molar-refractivity contribution >= 4 is 11.0 Å². The molecule has 0 heterocycles. The highest BCUT2D eigenvalue weighted by Crippen LogP contribution is 0.900. The first-order chi connectivity index (χ1) is 1.41. The van der Waals surface area contributed by atoms with E-state index in [9.17, 15) is 0 Å². The van der Waals surface area contributed by atoms with Crippen molar-refractivity contribution in [2.24, 2.45) is 5.73 Å². The second-order valence-corrected chi connectivity index (χ2v) is 0.129. The normalized spacial score (nSPS) is 1.75. The number of nitrogens with zero attached hydrogens (tertiary/aromatic N) is 1. The van der Waals surface area contributed by atoms with Crippen molar-refractivity contribution in [3.63, 3.8) is 0 Å². The lowest BCUT2D eigenvalue weighted by Gasteiger charge is -1.24. The van der Waals surface area contributed by atoms with Crippen LogP contribution >= 0.6 is 0 Å². The van der Waals surface area contributed by atoms with E-state index >= 15 is 0 Å². The van der Waals surface area contributed by atoms with Gasteiger partial charge in [0.1, 0.15) is 0 Å². The van der Waals surface area contributed by atoms with Gasteiger partial charge in [-0.2, -0.15) is 5.26 Å². The largest absolute Gasteiger partial charge is 0.337 e. The van der Waals surface area contributed by atoms with E-state index < -0.39 is 0 Å². The molecular formula is CH2N2Si. The molecular weight excluding hydrogens is 68.1 g/mol. The molecule has 0 aromatic rings. The molecule has 0 rings (SSSR count). The average molecular weight is 70.1 g/mol. The molecule has 0 unspecified atom stereocenters. The van der Waals surface area contributed by atoms with Crippen LogP contribution in [0.1, 0.15) is 0 Å². The smallest absolute Gasteiger partial charge is 0.173 e. The zero-order chi connectivity index (χ0) is 2.71. The molecule has 0 spiro atoms. The van der Waals surface area contributed by atoms with E-state index in [2.05, 4.69) is 5.73 Å². The van der Waals surface area contributed by atoms with Crippen molar-refractivity contribution < 1.29 is 0 Å². The summed E-state index contributed by atoms with van der Waals surface area (Å²) in [4.78, 5) is 0. The minimum atomic E-state index is 0. The Hall–Kier alpha value is -0.493. The molecule has 0 bridgehead atoms. The predicted octanol–water partition coefficient (Wildman–Crippen LogP) is -0.955. The summed E-state index contributed by atoms with van der Waals surface area (Å²) in [6, 6.07) is 0. The summed E-state index contributed by atoms with van der Waals surface area (Å²) in [5, 5.41) is 7.10. The summed E-state index contributed by atoms with van der Waals surface area (Å²) in [6.45, 7) is 0. The van der Waals surface area contributed by atoms with Gasteiger partial charge in [-0.05, 0) is 0 Å². The van der Waals surface area contributed by atoms with Crippen molar-refractivity contribution in [3.8, 4) is 6.19 Å². The highest BCUT2D eigenvalue weighted by molar-refractivity contribution is 5.75. The number of nitriles is 1. The van der Waals surface area contributed by atoms with E-state index in [1.165, 1.54) is 6.19 Å². The second kappa shape index (κ2) is 22.2. The Morgan fingerprint density at radius 3 is 1.75 bits per heavy atom. The van der Waals surface area contributed by atoms with Crippen LogP contribution in [0.2, 0.25) is 0 Å². The SMILES string of the molecule is N#CN.[Si]. The van der Waals surface area contributed by atoms with Crippen LogP contribution < -0.4 is 5.73 Å². The number of rotatable bonds is 0. The summed E-state index contributed by atoms with van der Waals surface area (Å²) in [5.41, 5.74) is 4.15. The third-order valence-electron chi connectivity index (χ3n) is 0. The Morgan fingerprint density at radius 2 is 1.75 bits per heavy atom. The molecule has 0 aliphatic heterocycles. The molecule has 0 saturated heterocycles. The lowest BCUT2D eigenvalue weighted by molar-refractivity contribution is 1.45. The maximum absolute atomic E-state index is 7.10. The van der Waals surface area contributed by atoms with Crippen molar-refractivity contribution in [3.05, 3.63) is 0 Å². The third kappa shape index (κ3) is 1.59. The van der Waals surface area contributed by atoms with E-state index in [0.717, 1.165) is 0 Å². The van der Waals surface area contributed by atoms with Gasteiger partial charge in [-0.1, -0.05) is 0 Å². The van der Waals surface area contributed by atoms with Gasteiger partial charge in [0.25, 0.3) is 0 Å². The van der Waals surface area contributed by atoms with Crippen molar-refractivity contribution in [2.45, 2.75) is 0 Å². The molecule has 0 aliphatic rings. The number of hydrogen-bond donors (Lipinski definition) is 1. The Kier molecular flexibility index (Phi) is 53.8. The van der Waals surface area contributed by atoms with Gasteiger partial charge in [-0.25, -0.2) is 0 Å². The molecule has 0 saturated carbocycles. The van der Waals surface area contributed by atoms with Crippen LogP contribution in [0, 0.1) is 11.5 Å². The molecule has 0 aliphatic carbocycles. The van der Waals surface area contributed by atoms with Gasteiger partial charge in [0, 0.05) is 11.0 Å². The number of nitrogens with two attached hydrogens (primary N) is 1. The molecule has 2 N–H and O–H groups in total. The van der Waals surface area contributed by atoms with E-state index in [1.807, 2.05) is 0 Å². The first kappa shape index (κ1) is 9.71. The second-order valence-electron chi connectivity index (χ2n) is 0.129. The number of hydrogen-bond acceptors (Lipinski definition) is 2. The summed E-state index contributed by atoms with van der Waals surface area (Å²) in [6.07, 6.45) is 1.25. The summed E-state index contributed by atoms with van der Waals surface area (Å²) in [5.74, 6) is 0. The van der Waals surface area contributed by atoms with Crippen LogP contribution in [0.5, 0.6) is 0 Å². The predicted molar refractivity (Wildman–Crippen MR) is 15.6 cm³/mol. The maximum atomic E-state index is 7.10. The van der Waals surface area contributed by atoms with Gasteiger partial charge in [0.05, 0.1) is 0 Å². The van der Waals surface area contributed by atoms with Crippen LogP contribution in [0.4, 0.5) is 0 Å². The van der Waals surface area contributed by atoms with Gasteiger partial charge in [-0.3, -0.25) is 0 Å². The summed E-state index contributed by atoms with van der Waals surface area (Å²) in [7, 11) is 0. The van der Waals surface area contributed by atoms with Crippen molar-refractivity contribution in [1.82, 2.24) is 0 Å². The summed E-state index contributed by atoms with van der Waals surface area (Å²) < 4.78 is 0. The Labute approximate surface area is 29.2 Å². The fourth-order valence-electron chi connectivity index (χ4n) is 0. The van der Waals surface area contributed by atoms with Gasteiger partial charge >= 0.3 is 0 Å². The summed E-state index contributed by atoms with van der Waals surface area (Å²) >= 11 is 0. The standard InChI is InChI=1S/CH2N2.Si/c2-1-3;/h2H2;. The van der Waals surface area contributed by atoms with E-state index in [1.54, 1.807) is 0 Å². The average Bonchev–Trinajstić information content (AvgIpc) is 0.918. The highest BCUT2D eigenvalue weighted by atomic mass is 28.1. The zero-order valence-electron chi connectivity index (χ0n) is 2.02. The minimum absolute atomic E-state index is 0. The molecule has 0 atom stereocenters. The molecule has 0 fully saturated rings. The van der Waals surface area contributed by atoms with Crippen LogP contribution in [-0.4, -0.2) is 11.0 Å². The molecule has 0 aromatic heterocycles. The first-order valence-electron chi connectivity index (χ1n) is 0.512. The third-order valence-corrected chi connectivity index (χ3v) is 0. The zero-order valence-corrected chi connectivity index (χ0v) is 3.02. The molecule has 3 heteroatoms. The quantitative estimate of drug-likeness (QED) is 0.227. The van der Waals surface area contributed by atoms with Gasteiger partial charge < -0.3 is 5.73 Å². The monoisotopic (exact) mass is 70.0 g/mol. The Morgan fingerprint density at radius 1 is 1.75 bits per heavy atom. The van der Waals surface area contributed by atoms with Gasteiger partial charge in [0.15, 0.2) is 6.19 Å². The van der Waals surface area contributed by atoms with Crippen LogP contribution in [0.3, 0.4) is 0 Å². The molecule has 0 aromatic carbocycles. The molecule has 0 amide bonds. The topological polar surface area (TPSA) is 49.8 Å². The van der Waals surface area contributed by atoms with Crippen molar-refractivity contribution in [2.75, 3.05) is 0 Å². The lowest BCUT2D eigenvalue weighted by Crippen LogP contribution is -1.69. The van der Waals surface area contributed by atoms with Crippen LogP contribution in [-0.2, 0) is 0 Å². The fourth-order valence-corrected chi connectivity index (χ4v) is 0. The fraction of sp³-hybridized carbons (Fsp3) is 0. The minimum Gasteiger partial charge on any atom is -0.337 e. The molecule has 2 nitrogen and oxygen atoms in total. The lowest BCUT2D eigenvalue weighted by atomic mass is 11.5. The molecule has 4 radical (unpaired) electrons. The van der Waals surface area contributed by atoms with E-state index in [4.69, 9.17) is 5.26 Å².